The molecule has 4 aromatic rings. The van der Waals surface area contributed by atoms with E-state index in [9.17, 15) is 32.4 Å². The first-order valence-corrected chi connectivity index (χ1v) is 22.7. The van der Waals surface area contributed by atoms with Crippen molar-refractivity contribution in [3.63, 3.8) is 0 Å². The van der Waals surface area contributed by atoms with Crippen molar-refractivity contribution in [3.05, 3.63) is 120 Å². The van der Waals surface area contributed by atoms with Crippen LogP contribution in [0, 0.1) is 10.8 Å². The molecule has 3 saturated heterocycles. The van der Waals surface area contributed by atoms with Crippen molar-refractivity contribution in [2.24, 2.45) is 0 Å². The molecule has 5 heterocycles. The summed E-state index contributed by atoms with van der Waals surface area (Å²) < 4.78 is 42.5. The minimum atomic E-state index is -3.63. The molecule has 0 radical (unpaired) electrons. The third kappa shape index (κ3) is 13.9. The van der Waals surface area contributed by atoms with E-state index in [0.29, 0.717) is 66.3 Å². The normalized spacial score (nSPS) is 17.5. The summed E-state index contributed by atoms with van der Waals surface area (Å²) >= 11 is 0. The minimum Gasteiger partial charge on any atom is -0.466 e. The van der Waals surface area contributed by atoms with E-state index in [1.54, 1.807) is 90.1 Å². The highest BCUT2D eigenvalue weighted by atomic mass is 32.2. The molecule has 0 spiro atoms. The molecule has 348 valence electrons. The molecule has 2 unspecified atom stereocenters. The van der Waals surface area contributed by atoms with Gasteiger partial charge in [0.25, 0.3) is 21.9 Å². The molecule has 66 heavy (non-hydrogen) atoms. The van der Waals surface area contributed by atoms with Crippen LogP contribution in [0.3, 0.4) is 0 Å². The molecule has 2 aromatic heterocycles. The second-order valence-electron chi connectivity index (χ2n) is 15.2. The number of amides is 4. The van der Waals surface area contributed by atoms with E-state index in [-0.39, 0.29) is 36.9 Å². The van der Waals surface area contributed by atoms with Crippen LogP contribution in [0.1, 0.15) is 45.2 Å². The van der Waals surface area contributed by atoms with Gasteiger partial charge in [-0.05, 0) is 79.7 Å². The summed E-state index contributed by atoms with van der Waals surface area (Å²) in [5, 5.41) is 21.3. The Labute approximate surface area is 381 Å². The van der Waals surface area contributed by atoms with E-state index in [4.69, 9.17) is 25.0 Å². The number of hydrogen-bond donors (Lipinski definition) is 4. The summed E-state index contributed by atoms with van der Waals surface area (Å²) in [5.74, 6) is -1.17. The lowest BCUT2D eigenvalue weighted by molar-refractivity contribution is -0.143. The highest BCUT2D eigenvalue weighted by molar-refractivity contribution is 7.86. The maximum atomic E-state index is 12.5. The van der Waals surface area contributed by atoms with Crippen LogP contribution in [0.25, 0.3) is 0 Å². The number of nitrogens with zero attached hydrogens (tertiary/aromatic N) is 6. The minimum absolute atomic E-state index is 0.0383. The first-order valence-electron chi connectivity index (χ1n) is 20.9. The molecule has 0 saturated carbocycles. The molecular formula is C44H50N10O11S. The third-order valence-electron chi connectivity index (χ3n) is 10.3. The lowest BCUT2D eigenvalue weighted by atomic mass is 10.1. The highest BCUT2D eigenvalue weighted by Gasteiger charge is 2.35. The van der Waals surface area contributed by atoms with Crippen molar-refractivity contribution >= 4 is 63.1 Å². The topological polar surface area (TPSA) is 267 Å². The smallest absolute Gasteiger partial charge is 0.414 e. The van der Waals surface area contributed by atoms with Crippen LogP contribution in [-0.2, 0) is 33.3 Å². The van der Waals surface area contributed by atoms with Crippen molar-refractivity contribution in [3.8, 4) is 0 Å². The Hall–Kier alpha value is -7.14. The molecule has 7 rings (SSSR count). The third-order valence-corrected chi connectivity index (χ3v) is 10.9. The summed E-state index contributed by atoms with van der Waals surface area (Å²) in [6.07, 6.45) is 5.30. The SMILES string of the molecule is CCOC(=O)CCN1CCN(CC2CN(c3ccc(C(=N)NC(=O)c4cccnc4)cc3)C(=O)O2)CC1.CS(=O)(=O)OCC1CN(c2ccc(C(=N)NC(=O)c3cccnc3)cc2)C(=O)O1. The molecule has 0 bridgehead atoms. The molecule has 2 atom stereocenters. The van der Waals surface area contributed by atoms with Gasteiger partial charge in [0.05, 0.1) is 43.5 Å². The van der Waals surface area contributed by atoms with Gasteiger partial charge in [0.1, 0.15) is 30.5 Å². The largest absolute Gasteiger partial charge is 0.466 e. The summed E-state index contributed by atoms with van der Waals surface area (Å²) in [5.41, 5.74) is 2.84. The van der Waals surface area contributed by atoms with E-state index in [1.807, 2.05) is 6.92 Å². The molecule has 3 fully saturated rings. The lowest BCUT2D eigenvalue weighted by Gasteiger charge is -2.35. The van der Waals surface area contributed by atoms with Crippen molar-refractivity contribution in [1.29, 1.82) is 10.8 Å². The van der Waals surface area contributed by atoms with E-state index in [1.165, 1.54) is 17.3 Å². The second kappa shape index (κ2) is 22.7. The summed E-state index contributed by atoms with van der Waals surface area (Å²) in [7, 11) is -3.63. The molecule has 0 aliphatic carbocycles. The Balaban J connectivity index is 0.000000225. The molecule has 4 N–H and O–H groups in total. The first kappa shape index (κ1) is 48.3. The van der Waals surface area contributed by atoms with Crippen LogP contribution in [0.5, 0.6) is 0 Å². The van der Waals surface area contributed by atoms with Crippen LogP contribution in [0.15, 0.2) is 97.6 Å². The average Bonchev–Trinajstić information content (AvgIpc) is 3.89. The molecule has 2 aromatic carbocycles. The van der Waals surface area contributed by atoms with Crippen molar-refractivity contribution in [1.82, 2.24) is 30.4 Å². The van der Waals surface area contributed by atoms with Gasteiger partial charge in [0, 0.05) is 86.6 Å². The summed E-state index contributed by atoms with van der Waals surface area (Å²) in [4.78, 5) is 75.7. The Morgan fingerprint density at radius 3 is 1.64 bits per heavy atom. The maximum absolute atomic E-state index is 12.5. The zero-order valence-electron chi connectivity index (χ0n) is 36.3. The lowest BCUT2D eigenvalue weighted by Crippen LogP contribution is -2.49. The zero-order valence-corrected chi connectivity index (χ0v) is 37.1. The number of nitrogens with one attached hydrogen (secondary N) is 4. The van der Waals surface area contributed by atoms with Crippen LogP contribution in [0.4, 0.5) is 21.0 Å². The Bertz CT molecular complexity index is 2470. The fourth-order valence-electron chi connectivity index (χ4n) is 6.94. The average molecular weight is 927 g/mol. The van der Waals surface area contributed by atoms with Gasteiger partial charge in [0.2, 0.25) is 0 Å². The second-order valence-corrected chi connectivity index (χ2v) is 16.8. The number of anilines is 2. The number of piperazine rings is 1. The first-order chi connectivity index (χ1) is 31.6. The predicted octanol–water partition coefficient (Wildman–Crippen LogP) is 2.87. The van der Waals surface area contributed by atoms with Crippen molar-refractivity contribution < 1.29 is 50.8 Å². The number of ether oxygens (including phenoxy) is 3. The summed E-state index contributed by atoms with van der Waals surface area (Å²) in [6, 6.07) is 19.7. The molecule has 21 nitrogen and oxygen atoms in total. The van der Waals surface area contributed by atoms with E-state index < -0.39 is 40.2 Å². The fourth-order valence-corrected chi connectivity index (χ4v) is 7.34. The highest BCUT2D eigenvalue weighted by Crippen LogP contribution is 2.24. The zero-order chi connectivity index (χ0) is 47.2. The van der Waals surface area contributed by atoms with Gasteiger partial charge in [-0.3, -0.25) is 54.1 Å². The van der Waals surface area contributed by atoms with Crippen LogP contribution in [-0.4, -0.2) is 154 Å². The number of carbonyl (C=O) groups excluding carboxylic acids is 5. The molecule has 3 aliphatic heterocycles. The van der Waals surface area contributed by atoms with Gasteiger partial charge in [-0.25, -0.2) is 9.59 Å². The maximum Gasteiger partial charge on any atom is 0.414 e. The van der Waals surface area contributed by atoms with Gasteiger partial charge in [-0.1, -0.05) is 0 Å². The predicted molar refractivity (Wildman–Crippen MR) is 240 cm³/mol. The standard InChI is InChI=1S/C26H32N6O5.C18H18N4O6S/c1-2-36-23(33)9-11-30-12-14-31(15-13-30)17-22-18-32(26(35)37-22)21-7-5-19(6-8-21)24(27)29-25(34)20-4-3-10-28-16-20;1-29(25,26)27-11-15-10-22(18(24)28-15)14-6-4-12(5-7-14)16(19)21-17(23)13-3-2-8-20-9-13/h3-8,10,16,22H,2,9,11-15,17-18H2,1H3,(H2,27,29,34);2-9,15H,10-11H2,1H3,(H2,19,21,23). The molecule has 3 aliphatic rings. The monoisotopic (exact) mass is 926 g/mol. The van der Waals surface area contributed by atoms with Crippen LogP contribution < -0.4 is 20.4 Å². The number of amidine groups is 2. The number of rotatable bonds is 15. The molecular weight excluding hydrogens is 877 g/mol. The number of esters is 1. The summed E-state index contributed by atoms with van der Waals surface area (Å²) in [6.45, 7) is 7.27. The van der Waals surface area contributed by atoms with Crippen molar-refractivity contribution in [2.75, 3.05) is 81.6 Å². The Morgan fingerprint density at radius 2 is 1.18 bits per heavy atom. The van der Waals surface area contributed by atoms with Crippen LogP contribution in [0.2, 0.25) is 0 Å². The number of cyclic esters (lactones) is 2. The van der Waals surface area contributed by atoms with E-state index in [2.05, 4.69) is 34.6 Å². The fraction of sp³-hybridized carbons (Fsp3) is 0.341. The van der Waals surface area contributed by atoms with Gasteiger partial charge in [-0.2, -0.15) is 8.42 Å². The van der Waals surface area contributed by atoms with E-state index in [0.717, 1.165) is 32.4 Å². The number of carbonyl (C=O) groups is 5. The molecule has 22 heteroatoms. The number of hydrogen-bond acceptors (Lipinski definition) is 17. The van der Waals surface area contributed by atoms with Gasteiger partial charge in [-0.15, -0.1) is 0 Å². The van der Waals surface area contributed by atoms with Crippen LogP contribution >= 0.6 is 0 Å². The van der Waals surface area contributed by atoms with E-state index >= 15 is 0 Å². The Kier molecular flexibility index (Phi) is 16.6. The quantitative estimate of drug-likeness (QED) is 0.0439. The van der Waals surface area contributed by atoms with Gasteiger partial charge < -0.3 is 29.7 Å². The Morgan fingerprint density at radius 1 is 0.712 bits per heavy atom. The van der Waals surface area contributed by atoms with Gasteiger partial charge in [0.15, 0.2) is 0 Å². The number of aromatic nitrogens is 2. The van der Waals surface area contributed by atoms with Gasteiger partial charge >= 0.3 is 18.2 Å². The number of pyridine rings is 2. The van der Waals surface area contributed by atoms with Crippen molar-refractivity contribution in [2.45, 2.75) is 25.6 Å². The molecule has 4 amide bonds. The number of benzene rings is 2.